The minimum Gasteiger partial charge on any atom is -0.369 e. The van der Waals surface area contributed by atoms with Gasteiger partial charge in [0.15, 0.2) is 0 Å². The lowest BCUT2D eigenvalue weighted by atomic mass is 10.1. The van der Waals surface area contributed by atoms with Gasteiger partial charge in [0.1, 0.15) is 5.82 Å². The number of nitrogens with zero attached hydrogens (tertiary/aromatic N) is 3. The van der Waals surface area contributed by atoms with Crippen LogP contribution in [0.15, 0.2) is 42.6 Å². The predicted molar refractivity (Wildman–Crippen MR) is 96.4 cm³/mol. The molecule has 1 aromatic heterocycles. The molecular formula is C18H25N5O. The summed E-state index contributed by atoms with van der Waals surface area (Å²) in [7, 11) is 0. The summed E-state index contributed by atoms with van der Waals surface area (Å²) in [6.45, 7) is 7.94. The van der Waals surface area contributed by atoms with Gasteiger partial charge in [0, 0.05) is 30.9 Å². The van der Waals surface area contributed by atoms with Crippen LogP contribution in [0.5, 0.6) is 0 Å². The Hall–Kier alpha value is -2.50. The third kappa shape index (κ3) is 3.69. The molecule has 128 valence electrons. The average Bonchev–Trinajstić information content (AvgIpc) is 3.17. The van der Waals surface area contributed by atoms with Crippen molar-refractivity contribution in [3.05, 3.63) is 42.6 Å². The smallest absolute Gasteiger partial charge is 0.320 e. The molecule has 1 aliphatic rings. The monoisotopic (exact) mass is 327 g/mol. The van der Waals surface area contributed by atoms with Gasteiger partial charge in [0.05, 0.1) is 11.7 Å². The molecule has 6 nitrogen and oxygen atoms in total. The Morgan fingerprint density at radius 3 is 2.67 bits per heavy atom. The first-order valence-electron chi connectivity index (χ1n) is 8.35. The molecule has 24 heavy (non-hydrogen) atoms. The lowest BCUT2D eigenvalue weighted by Gasteiger charge is -2.23. The van der Waals surface area contributed by atoms with Crippen molar-refractivity contribution in [2.24, 2.45) is 0 Å². The van der Waals surface area contributed by atoms with Gasteiger partial charge in [-0.2, -0.15) is 5.10 Å². The van der Waals surface area contributed by atoms with Crippen molar-refractivity contribution in [2.45, 2.75) is 38.8 Å². The van der Waals surface area contributed by atoms with E-state index in [0.29, 0.717) is 5.82 Å². The molecule has 1 saturated heterocycles. The van der Waals surface area contributed by atoms with Gasteiger partial charge < -0.3 is 10.2 Å². The number of para-hydroxylation sites is 1. The Morgan fingerprint density at radius 1 is 1.21 bits per heavy atom. The van der Waals surface area contributed by atoms with E-state index in [1.165, 1.54) is 5.69 Å². The Balaban J connectivity index is 1.56. The number of carbonyl (C=O) groups excluding carboxylic acids is 1. The number of hydrogen-bond acceptors (Lipinski definition) is 3. The van der Waals surface area contributed by atoms with Crippen molar-refractivity contribution in [1.82, 2.24) is 15.1 Å². The summed E-state index contributed by atoms with van der Waals surface area (Å²) >= 11 is 0. The van der Waals surface area contributed by atoms with Gasteiger partial charge in [0.25, 0.3) is 0 Å². The summed E-state index contributed by atoms with van der Waals surface area (Å²) in [5.41, 5.74) is 1.02. The van der Waals surface area contributed by atoms with E-state index in [9.17, 15) is 4.79 Å². The summed E-state index contributed by atoms with van der Waals surface area (Å²) in [4.78, 5) is 14.6. The van der Waals surface area contributed by atoms with Gasteiger partial charge in [-0.3, -0.25) is 5.32 Å². The quantitative estimate of drug-likeness (QED) is 0.911. The van der Waals surface area contributed by atoms with E-state index in [4.69, 9.17) is 0 Å². The molecule has 2 N–H and O–H groups in total. The first-order chi connectivity index (χ1) is 11.4. The molecule has 0 bridgehead atoms. The third-order valence-corrected chi connectivity index (χ3v) is 4.16. The maximum absolute atomic E-state index is 12.3. The van der Waals surface area contributed by atoms with E-state index in [1.807, 2.05) is 28.9 Å². The van der Waals surface area contributed by atoms with Crippen molar-refractivity contribution >= 4 is 17.5 Å². The summed E-state index contributed by atoms with van der Waals surface area (Å²) in [6, 6.07) is 12.1. The van der Waals surface area contributed by atoms with E-state index < -0.39 is 0 Å². The molecule has 1 aromatic carbocycles. The van der Waals surface area contributed by atoms with Gasteiger partial charge in [-0.05, 0) is 39.3 Å². The van der Waals surface area contributed by atoms with Gasteiger partial charge in [-0.1, -0.05) is 18.2 Å². The molecule has 0 spiro atoms. The van der Waals surface area contributed by atoms with E-state index >= 15 is 0 Å². The van der Waals surface area contributed by atoms with Crippen molar-refractivity contribution < 1.29 is 4.79 Å². The maximum Gasteiger partial charge on any atom is 0.320 e. The van der Waals surface area contributed by atoms with Crippen LogP contribution in [0.4, 0.5) is 16.3 Å². The number of rotatable bonds is 3. The number of carbonyl (C=O) groups is 1. The van der Waals surface area contributed by atoms with Crippen LogP contribution in [-0.4, -0.2) is 34.9 Å². The SMILES string of the molecule is CC(C)(C)n1nccc1NC(=O)N[C@H]1CCN(c2ccccc2)C1. The third-order valence-electron chi connectivity index (χ3n) is 4.16. The van der Waals surface area contributed by atoms with Crippen LogP contribution in [0, 0.1) is 0 Å². The Morgan fingerprint density at radius 2 is 1.96 bits per heavy atom. The van der Waals surface area contributed by atoms with E-state index in [0.717, 1.165) is 19.5 Å². The van der Waals surface area contributed by atoms with Crippen molar-refractivity contribution in [1.29, 1.82) is 0 Å². The summed E-state index contributed by atoms with van der Waals surface area (Å²) in [5, 5.41) is 10.3. The highest BCUT2D eigenvalue weighted by Crippen LogP contribution is 2.21. The number of benzene rings is 1. The van der Waals surface area contributed by atoms with Crippen LogP contribution >= 0.6 is 0 Å². The number of hydrogen-bond donors (Lipinski definition) is 2. The highest BCUT2D eigenvalue weighted by atomic mass is 16.2. The summed E-state index contributed by atoms with van der Waals surface area (Å²) in [6.07, 6.45) is 2.65. The molecule has 0 aliphatic carbocycles. The van der Waals surface area contributed by atoms with E-state index in [1.54, 1.807) is 6.20 Å². The minimum absolute atomic E-state index is 0.149. The minimum atomic E-state index is -0.180. The van der Waals surface area contributed by atoms with Crippen LogP contribution in [0.2, 0.25) is 0 Å². The molecule has 3 rings (SSSR count). The largest absolute Gasteiger partial charge is 0.369 e. The van der Waals surface area contributed by atoms with Crippen molar-refractivity contribution in [2.75, 3.05) is 23.3 Å². The van der Waals surface area contributed by atoms with Crippen LogP contribution in [0.3, 0.4) is 0 Å². The Bertz CT molecular complexity index is 689. The number of anilines is 2. The molecule has 0 radical (unpaired) electrons. The lowest BCUT2D eigenvalue weighted by Crippen LogP contribution is -2.40. The van der Waals surface area contributed by atoms with Gasteiger partial charge in [-0.25, -0.2) is 9.48 Å². The zero-order valence-corrected chi connectivity index (χ0v) is 14.5. The number of nitrogens with one attached hydrogen (secondary N) is 2. The normalized spacial score (nSPS) is 17.8. The molecule has 0 saturated carbocycles. The Labute approximate surface area is 142 Å². The van der Waals surface area contributed by atoms with Crippen molar-refractivity contribution in [3.8, 4) is 0 Å². The fourth-order valence-electron chi connectivity index (χ4n) is 3.02. The molecule has 1 atom stereocenters. The fourth-order valence-corrected chi connectivity index (χ4v) is 3.02. The van der Waals surface area contributed by atoms with Crippen molar-refractivity contribution in [3.63, 3.8) is 0 Å². The van der Waals surface area contributed by atoms with E-state index in [2.05, 4.69) is 53.5 Å². The maximum atomic E-state index is 12.3. The zero-order chi connectivity index (χ0) is 17.2. The lowest BCUT2D eigenvalue weighted by molar-refractivity contribution is 0.248. The molecular weight excluding hydrogens is 302 g/mol. The molecule has 2 aromatic rings. The number of amides is 2. The first-order valence-corrected chi connectivity index (χ1v) is 8.35. The summed E-state index contributed by atoms with van der Waals surface area (Å²) < 4.78 is 1.82. The number of aromatic nitrogens is 2. The average molecular weight is 327 g/mol. The molecule has 2 amide bonds. The second kappa shape index (κ2) is 6.55. The van der Waals surface area contributed by atoms with Crippen LogP contribution in [0.25, 0.3) is 0 Å². The predicted octanol–water partition coefficient (Wildman–Crippen LogP) is 3.04. The topological polar surface area (TPSA) is 62.2 Å². The standard InChI is InChI=1S/C18H25N5O/c1-18(2,3)23-16(9-11-19-23)21-17(24)20-14-10-12-22(13-14)15-7-5-4-6-8-15/h4-9,11,14H,10,12-13H2,1-3H3,(H2,20,21,24)/t14-/m0/s1. The molecule has 0 unspecified atom stereocenters. The number of urea groups is 1. The van der Waals surface area contributed by atoms with Gasteiger partial charge in [0.2, 0.25) is 0 Å². The van der Waals surface area contributed by atoms with Crippen LogP contribution in [0.1, 0.15) is 27.2 Å². The second-order valence-corrected chi connectivity index (χ2v) is 7.16. The first kappa shape index (κ1) is 16.4. The van der Waals surface area contributed by atoms with Crippen LogP contribution < -0.4 is 15.5 Å². The fraction of sp³-hybridized carbons (Fsp3) is 0.444. The highest BCUT2D eigenvalue weighted by molar-refractivity contribution is 5.88. The molecule has 1 fully saturated rings. The summed E-state index contributed by atoms with van der Waals surface area (Å²) in [5.74, 6) is 0.706. The van der Waals surface area contributed by atoms with Gasteiger partial charge in [-0.15, -0.1) is 0 Å². The highest BCUT2D eigenvalue weighted by Gasteiger charge is 2.25. The molecule has 6 heteroatoms. The van der Waals surface area contributed by atoms with Gasteiger partial charge >= 0.3 is 6.03 Å². The zero-order valence-electron chi connectivity index (χ0n) is 14.5. The Kier molecular flexibility index (Phi) is 4.46. The second-order valence-electron chi connectivity index (χ2n) is 7.16. The van der Waals surface area contributed by atoms with E-state index in [-0.39, 0.29) is 17.6 Å². The molecule has 2 heterocycles. The van der Waals surface area contributed by atoms with Crippen LogP contribution in [-0.2, 0) is 5.54 Å². The molecule has 1 aliphatic heterocycles.